The SMILES string of the molecule is O=C(O)[C@H]1CN(C(=O)c2cccc3c2CCC3)C[C@@H]1C1CC1. The van der Waals surface area contributed by atoms with Crippen molar-refractivity contribution in [1.29, 1.82) is 0 Å². The van der Waals surface area contributed by atoms with Crippen molar-refractivity contribution in [2.45, 2.75) is 32.1 Å². The summed E-state index contributed by atoms with van der Waals surface area (Å²) in [5.74, 6) is -0.426. The van der Waals surface area contributed by atoms with Gasteiger partial charge in [0.25, 0.3) is 5.91 Å². The highest BCUT2D eigenvalue weighted by molar-refractivity contribution is 5.96. The zero-order valence-electron chi connectivity index (χ0n) is 12.6. The molecular weight excluding hydrogens is 278 g/mol. The summed E-state index contributed by atoms with van der Waals surface area (Å²) < 4.78 is 0. The highest BCUT2D eigenvalue weighted by atomic mass is 16.4. The number of nitrogens with zero attached hydrogens (tertiary/aromatic N) is 1. The van der Waals surface area contributed by atoms with E-state index < -0.39 is 5.97 Å². The van der Waals surface area contributed by atoms with Gasteiger partial charge < -0.3 is 10.0 Å². The Morgan fingerprint density at radius 1 is 1.14 bits per heavy atom. The average molecular weight is 299 g/mol. The lowest BCUT2D eigenvalue weighted by molar-refractivity contribution is -0.142. The van der Waals surface area contributed by atoms with Crippen LogP contribution in [-0.2, 0) is 17.6 Å². The van der Waals surface area contributed by atoms with Gasteiger partial charge in [-0.2, -0.15) is 0 Å². The van der Waals surface area contributed by atoms with Crippen molar-refractivity contribution in [3.63, 3.8) is 0 Å². The summed E-state index contributed by atoms with van der Waals surface area (Å²) in [6.07, 6.45) is 5.38. The maximum absolute atomic E-state index is 12.9. The minimum absolute atomic E-state index is 0.0353. The molecule has 3 aliphatic rings. The Hall–Kier alpha value is -1.84. The van der Waals surface area contributed by atoms with E-state index in [-0.39, 0.29) is 17.7 Å². The smallest absolute Gasteiger partial charge is 0.308 e. The maximum atomic E-state index is 12.9. The van der Waals surface area contributed by atoms with Crippen molar-refractivity contribution in [1.82, 2.24) is 4.90 Å². The number of hydrogen-bond acceptors (Lipinski definition) is 2. The summed E-state index contributed by atoms with van der Waals surface area (Å²) in [6, 6.07) is 5.98. The van der Waals surface area contributed by atoms with Gasteiger partial charge in [0.15, 0.2) is 0 Å². The number of hydrogen-bond donors (Lipinski definition) is 1. The van der Waals surface area contributed by atoms with Crippen LogP contribution in [0.4, 0.5) is 0 Å². The molecule has 1 heterocycles. The molecule has 1 aliphatic heterocycles. The largest absolute Gasteiger partial charge is 0.481 e. The second-order valence-corrected chi connectivity index (χ2v) is 6.95. The summed E-state index contributed by atoms with van der Waals surface area (Å²) in [5, 5.41) is 9.45. The number of carbonyl (C=O) groups is 2. The van der Waals surface area contributed by atoms with Crippen molar-refractivity contribution in [3.05, 3.63) is 34.9 Å². The Morgan fingerprint density at radius 3 is 2.68 bits per heavy atom. The van der Waals surface area contributed by atoms with Crippen molar-refractivity contribution < 1.29 is 14.7 Å². The normalized spacial score (nSPS) is 27.0. The summed E-state index contributed by atoms with van der Waals surface area (Å²) in [6.45, 7) is 0.989. The third kappa shape index (κ3) is 2.21. The van der Waals surface area contributed by atoms with E-state index in [0.717, 1.165) is 37.7 Å². The maximum Gasteiger partial charge on any atom is 0.308 e. The molecule has 0 spiro atoms. The Labute approximate surface area is 130 Å². The number of aliphatic carboxylic acids is 1. The number of amides is 1. The molecule has 2 atom stereocenters. The summed E-state index contributed by atoms with van der Waals surface area (Å²) in [4.78, 5) is 26.2. The van der Waals surface area contributed by atoms with Crippen molar-refractivity contribution >= 4 is 11.9 Å². The molecule has 0 aromatic heterocycles. The number of aryl methyl sites for hydroxylation is 1. The van der Waals surface area contributed by atoms with E-state index in [9.17, 15) is 14.7 Å². The fourth-order valence-electron chi connectivity index (χ4n) is 4.25. The molecule has 0 bridgehead atoms. The molecule has 1 saturated heterocycles. The van der Waals surface area contributed by atoms with Crippen LogP contribution < -0.4 is 0 Å². The molecule has 1 aromatic carbocycles. The van der Waals surface area contributed by atoms with Gasteiger partial charge in [-0.3, -0.25) is 9.59 Å². The van der Waals surface area contributed by atoms with Gasteiger partial charge in [0, 0.05) is 18.7 Å². The van der Waals surface area contributed by atoms with Crippen LogP contribution in [-0.4, -0.2) is 35.0 Å². The van der Waals surface area contributed by atoms with Crippen LogP contribution in [0, 0.1) is 17.8 Å². The van der Waals surface area contributed by atoms with Crippen LogP contribution >= 0.6 is 0 Å². The Bertz CT molecular complexity index is 635. The van der Waals surface area contributed by atoms with E-state index in [1.54, 1.807) is 4.90 Å². The topological polar surface area (TPSA) is 57.6 Å². The first kappa shape index (κ1) is 13.8. The van der Waals surface area contributed by atoms with Gasteiger partial charge in [0.1, 0.15) is 0 Å². The molecule has 2 aliphatic carbocycles. The van der Waals surface area contributed by atoms with Crippen LogP contribution in [0.3, 0.4) is 0 Å². The molecular formula is C18H21NO3. The van der Waals surface area contributed by atoms with Crippen molar-refractivity contribution in [2.75, 3.05) is 13.1 Å². The summed E-state index contributed by atoms with van der Waals surface area (Å²) >= 11 is 0. The van der Waals surface area contributed by atoms with Gasteiger partial charge in [0.2, 0.25) is 0 Å². The second kappa shape index (κ2) is 5.11. The second-order valence-electron chi connectivity index (χ2n) is 6.95. The Kier molecular flexibility index (Phi) is 3.21. The number of carboxylic acid groups (broad SMARTS) is 1. The predicted octanol–water partition coefficient (Wildman–Crippen LogP) is 2.36. The predicted molar refractivity (Wildman–Crippen MR) is 81.7 cm³/mol. The van der Waals surface area contributed by atoms with E-state index in [1.807, 2.05) is 12.1 Å². The van der Waals surface area contributed by atoms with E-state index in [1.165, 1.54) is 11.1 Å². The first-order valence-corrected chi connectivity index (χ1v) is 8.28. The van der Waals surface area contributed by atoms with Crippen LogP contribution in [0.5, 0.6) is 0 Å². The lowest BCUT2D eigenvalue weighted by atomic mass is 9.92. The molecule has 4 nitrogen and oxygen atoms in total. The van der Waals surface area contributed by atoms with E-state index >= 15 is 0 Å². The van der Waals surface area contributed by atoms with Gasteiger partial charge in [0.05, 0.1) is 5.92 Å². The molecule has 4 heteroatoms. The van der Waals surface area contributed by atoms with Crippen LogP contribution in [0.1, 0.15) is 40.7 Å². The number of carboxylic acids is 1. The monoisotopic (exact) mass is 299 g/mol. The van der Waals surface area contributed by atoms with Gasteiger partial charge in [-0.15, -0.1) is 0 Å². The lowest BCUT2D eigenvalue weighted by Crippen LogP contribution is -2.30. The van der Waals surface area contributed by atoms with Crippen LogP contribution in [0.2, 0.25) is 0 Å². The average Bonchev–Trinajstić information content (AvgIpc) is 3.08. The highest BCUT2D eigenvalue weighted by Crippen LogP contribution is 2.44. The number of fused-ring (bicyclic) bond motifs is 1. The third-order valence-electron chi connectivity index (χ3n) is 5.57. The zero-order valence-corrected chi connectivity index (χ0v) is 12.6. The molecule has 2 fully saturated rings. The highest BCUT2D eigenvalue weighted by Gasteiger charge is 2.47. The van der Waals surface area contributed by atoms with E-state index in [2.05, 4.69) is 6.07 Å². The van der Waals surface area contributed by atoms with Gasteiger partial charge in [-0.05, 0) is 61.1 Å². The molecule has 4 rings (SSSR count). The minimum Gasteiger partial charge on any atom is -0.481 e. The van der Waals surface area contributed by atoms with Gasteiger partial charge in [-0.25, -0.2) is 0 Å². The van der Waals surface area contributed by atoms with Crippen molar-refractivity contribution in [3.8, 4) is 0 Å². The molecule has 1 N–H and O–H groups in total. The Morgan fingerprint density at radius 2 is 1.95 bits per heavy atom. The third-order valence-corrected chi connectivity index (χ3v) is 5.57. The van der Waals surface area contributed by atoms with Crippen LogP contribution in [0.25, 0.3) is 0 Å². The molecule has 22 heavy (non-hydrogen) atoms. The van der Waals surface area contributed by atoms with Gasteiger partial charge in [-0.1, -0.05) is 12.1 Å². The molecule has 0 radical (unpaired) electrons. The fourth-order valence-corrected chi connectivity index (χ4v) is 4.25. The first-order valence-electron chi connectivity index (χ1n) is 8.28. The number of carbonyl (C=O) groups excluding carboxylic acids is 1. The van der Waals surface area contributed by atoms with Crippen molar-refractivity contribution in [2.24, 2.45) is 17.8 Å². The molecule has 1 saturated carbocycles. The Balaban J connectivity index is 1.59. The molecule has 116 valence electrons. The fraction of sp³-hybridized carbons (Fsp3) is 0.556. The standard InChI is InChI=1S/C18H21NO3/c20-17(14-6-2-4-11-3-1-5-13(11)14)19-9-15(12-7-8-12)16(10-19)18(21)22/h2,4,6,12,15-16H,1,3,5,7-10H2,(H,21,22)/t15-,16+/m1/s1. The molecule has 1 amide bonds. The number of likely N-dealkylation sites (tertiary alicyclic amines) is 1. The first-order chi connectivity index (χ1) is 10.6. The quantitative estimate of drug-likeness (QED) is 0.932. The minimum atomic E-state index is -0.745. The van der Waals surface area contributed by atoms with Gasteiger partial charge >= 0.3 is 5.97 Å². The van der Waals surface area contributed by atoms with E-state index in [0.29, 0.717) is 19.0 Å². The zero-order chi connectivity index (χ0) is 15.3. The number of rotatable bonds is 3. The van der Waals surface area contributed by atoms with Crippen LogP contribution in [0.15, 0.2) is 18.2 Å². The molecule has 1 aromatic rings. The summed E-state index contributed by atoms with van der Waals surface area (Å²) in [5.41, 5.74) is 3.28. The summed E-state index contributed by atoms with van der Waals surface area (Å²) in [7, 11) is 0. The number of benzene rings is 1. The molecule has 0 unspecified atom stereocenters. The lowest BCUT2D eigenvalue weighted by Gasteiger charge is -2.18. The van der Waals surface area contributed by atoms with E-state index in [4.69, 9.17) is 0 Å².